The number of hydrogen-bond donors (Lipinski definition) is 1. The van der Waals surface area contributed by atoms with Crippen LogP contribution in [0.5, 0.6) is 5.75 Å². The number of aliphatic hydroxyl groups is 1. The summed E-state index contributed by atoms with van der Waals surface area (Å²) in [5.41, 5.74) is -4.60. The summed E-state index contributed by atoms with van der Waals surface area (Å²) in [6.07, 6.45) is -12.5. The van der Waals surface area contributed by atoms with Gasteiger partial charge in [0.25, 0.3) is 11.3 Å². The van der Waals surface area contributed by atoms with Gasteiger partial charge in [-0.3, -0.25) is 15.0 Å². The predicted octanol–water partition coefficient (Wildman–Crippen LogP) is 5.89. The van der Waals surface area contributed by atoms with E-state index in [1.165, 1.54) is 29.2 Å². The molecule has 3 aromatic rings. The predicted molar refractivity (Wildman–Crippen MR) is 134 cm³/mol. The van der Waals surface area contributed by atoms with Gasteiger partial charge in [-0.05, 0) is 28.8 Å². The summed E-state index contributed by atoms with van der Waals surface area (Å²) in [5.74, 6) is 0.189. The molecule has 1 N–H and O–H groups in total. The Balaban J connectivity index is 1.32. The molecular weight excluding hydrogens is 560 g/mol. The standard InChI is InChI=1S/C27H23F6N3O5/c28-26(29,30)25(38,27(31,32)33)21-7-5-20(6-8-21)19-3-1-18(2-4-19)17-34-13-15-35(16-14-34)24(37)41-23-11-9-22(10-12-23)36(39)40/h1-12,38H,13-17H2. The van der Waals surface area contributed by atoms with Crippen LogP contribution in [-0.4, -0.2) is 64.5 Å². The van der Waals surface area contributed by atoms with Crippen LogP contribution in [0.1, 0.15) is 11.1 Å². The summed E-state index contributed by atoms with van der Waals surface area (Å²) in [7, 11) is 0. The fraction of sp³-hybridized carbons (Fsp3) is 0.296. The van der Waals surface area contributed by atoms with Gasteiger partial charge in [0.05, 0.1) is 4.92 Å². The lowest BCUT2D eigenvalue weighted by molar-refractivity contribution is -0.384. The average Bonchev–Trinajstić information content (AvgIpc) is 2.92. The molecule has 41 heavy (non-hydrogen) atoms. The van der Waals surface area contributed by atoms with E-state index in [0.717, 1.165) is 17.7 Å². The quantitative estimate of drug-likeness (QED) is 0.221. The number of piperazine rings is 1. The van der Waals surface area contributed by atoms with Crippen molar-refractivity contribution >= 4 is 11.8 Å². The topological polar surface area (TPSA) is 96.1 Å². The molecule has 1 amide bonds. The lowest BCUT2D eigenvalue weighted by Crippen LogP contribution is -2.53. The van der Waals surface area contributed by atoms with Crippen molar-refractivity contribution in [2.75, 3.05) is 26.2 Å². The Labute approximate surface area is 229 Å². The molecule has 0 radical (unpaired) electrons. The van der Waals surface area contributed by atoms with Crippen molar-refractivity contribution in [1.29, 1.82) is 0 Å². The number of amides is 1. The summed E-state index contributed by atoms with van der Waals surface area (Å²) in [6, 6.07) is 15.5. The van der Waals surface area contributed by atoms with Crippen molar-refractivity contribution in [3.8, 4) is 16.9 Å². The molecule has 218 valence electrons. The minimum atomic E-state index is -5.95. The largest absolute Gasteiger partial charge is 0.430 e. The smallest absolute Gasteiger partial charge is 0.410 e. The number of carbonyl (C=O) groups excluding carboxylic acids is 1. The summed E-state index contributed by atoms with van der Waals surface area (Å²) < 4.78 is 83.9. The van der Waals surface area contributed by atoms with Crippen LogP contribution in [0.15, 0.2) is 72.8 Å². The minimum Gasteiger partial charge on any atom is -0.410 e. The van der Waals surface area contributed by atoms with Crippen molar-refractivity contribution in [3.05, 3.63) is 94.0 Å². The number of nitro groups is 1. The lowest BCUT2D eigenvalue weighted by Gasteiger charge is -2.34. The number of non-ortho nitro benzene ring substituents is 1. The third-order valence-electron chi connectivity index (χ3n) is 6.70. The molecule has 0 atom stereocenters. The first kappa shape index (κ1) is 29.8. The van der Waals surface area contributed by atoms with E-state index < -0.39 is 34.5 Å². The zero-order valence-corrected chi connectivity index (χ0v) is 21.2. The second kappa shape index (κ2) is 11.4. The van der Waals surface area contributed by atoms with Crippen molar-refractivity contribution in [2.24, 2.45) is 0 Å². The molecule has 0 unspecified atom stereocenters. The van der Waals surface area contributed by atoms with Crippen molar-refractivity contribution in [3.63, 3.8) is 0 Å². The maximum absolute atomic E-state index is 13.1. The van der Waals surface area contributed by atoms with Gasteiger partial charge in [0.15, 0.2) is 0 Å². The molecule has 0 spiro atoms. The number of hydrogen-bond acceptors (Lipinski definition) is 6. The molecule has 14 heteroatoms. The maximum atomic E-state index is 13.1. The molecule has 4 rings (SSSR count). The van der Waals surface area contributed by atoms with Gasteiger partial charge in [0, 0.05) is 50.4 Å². The highest BCUT2D eigenvalue weighted by Crippen LogP contribution is 2.50. The first-order chi connectivity index (χ1) is 19.2. The van der Waals surface area contributed by atoms with Gasteiger partial charge in [0.1, 0.15) is 5.75 Å². The number of nitro benzene ring substituents is 1. The van der Waals surface area contributed by atoms with E-state index in [0.29, 0.717) is 56.0 Å². The highest BCUT2D eigenvalue weighted by molar-refractivity contribution is 5.71. The van der Waals surface area contributed by atoms with Gasteiger partial charge in [-0.25, -0.2) is 4.79 Å². The van der Waals surface area contributed by atoms with Gasteiger partial charge < -0.3 is 14.7 Å². The second-order valence-electron chi connectivity index (χ2n) is 9.36. The molecule has 1 saturated heterocycles. The lowest BCUT2D eigenvalue weighted by atomic mass is 9.90. The Hall–Kier alpha value is -4.17. The van der Waals surface area contributed by atoms with E-state index >= 15 is 0 Å². The Bertz CT molecular complexity index is 1360. The Morgan fingerprint density at radius 3 is 1.76 bits per heavy atom. The maximum Gasteiger partial charge on any atom is 0.430 e. The van der Waals surface area contributed by atoms with Gasteiger partial charge in [-0.15, -0.1) is 0 Å². The van der Waals surface area contributed by atoms with Crippen LogP contribution in [0.2, 0.25) is 0 Å². The number of benzene rings is 3. The van der Waals surface area contributed by atoms with Gasteiger partial charge in [0.2, 0.25) is 0 Å². The van der Waals surface area contributed by atoms with Crippen LogP contribution in [0.4, 0.5) is 36.8 Å². The summed E-state index contributed by atoms with van der Waals surface area (Å²) in [4.78, 5) is 26.2. The minimum absolute atomic E-state index is 0.121. The number of halogens is 6. The Morgan fingerprint density at radius 1 is 0.805 bits per heavy atom. The molecule has 1 heterocycles. The molecule has 0 aliphatic carbocycles. The number of carbonyl (C=O) groups is 1. The Morgan fingerprint density at radius 2 is 1.29 bits per heavy atom. The van der Waals surface area contributed by atoms with Crippen LogP contribution in [0, 0.1) is 10.1 Å². The molecule has 1 fully saturated rings. The number of nitrogens with zero attached hydrogens (tertiary/aromatic N) is 3. The van der Waals surface area contributed by atoms with E-state index in [2.05, 4.69) is 4.90 Å². The van der Waals surface area contributed by atoms with Crippen LogP contribution in [0.25, 0.3) is 11.1 Å². The first-order valence-electron chi connectivity index (χ1n) is 12.2. The van der Waals surface area contributed by atoms with Crippen LogP contribution < -0.4 is 4.74 Å². The first-order valence-corrected chi connectivity index (χ1v) is 12.2. The van der Waals surface area contributed by atoms with Crippen LogP contribution in [-0.2, 0) is 12.1 Å². The molecule has 0 saturated carbocycles. The molecule has 1 aliphatic heterocycles. The monoisotopic (exact) mass is 583 g/mol. The van der Waals surface area contributed by atoms with Crippen LogP contribution >= 0.6 is 0 Å². The fourth-order valence-corrected chi connectivity index (χ4v) is 4.34. The second-order valence-corrected chi connectivity index (χ2v) is 9.36. The molecule has 8 nitrogen and oxygen atoms in total. The van der Waals surface area contributed by atoms with Crippen molar-refractivity contribution in [2.45, 2.75) is 24.5 Å². The zero-order chi connectivity index (χ0) is 30.0. The molecular formula is C27H23F6N3O5. The molecule has 0 bridgehead atoms. The zero-order valence-electron chi connectivity index (χ0n) is 21.2. The van der Waals surface area contributed by atoms with Gasteiger partial charge >= 0.3 is 18.4 Å². The van der Waals surface area contributed by atoms with E-state index in [1.807, 2.05) is 0 Å². The van der Waals surface area contributed by atoms with E-state index in [-0.39, 0.29) is 11.4 Å². The third-order valence-corrected chi connectivity index (χ3v) is 6.70. The normalized spacial score (nSPS) is 15.0. The fourth-order valence-electron chi connectivity index (χ4n) is 4.34. The van der Waals surface area contributed by atoms with E-state index in [9.17, 15) is 46.4 Å². The van der Waals surface area contributed by atoms with E-state index in [4.69, 9.17) is 4.74 Å². The number of rotatable bonds is 6. The highest BCUT2D eigenvalue weighted by atomic mass is 19.4. The van der Waals surface area contributed by atoms with Crippen molar-refractivity contribution in [1.82, 2.24) is 9.80 Å². The number of alkyl halides is 6. The number of ether oxygens (including phenoxy) is 1. The van der Waals surface area contributed by atoms with Crippen molar-refractivity contribution < 1.29 is 45.9 Å². The summed E-state index contributed by atoms with van der Waals surface area (Å²) in [6.45, 7) is 2.39. The van der Waals surface area contributed by atoms with Crippen LogP contribution in [0.3, 0.4) is 0 Å². The van der Waals surface area contributed by atoms with Gasteiger partial charge in [-0.2, -0.15) is 26.3 Å². The summed E-state index contributed by atoms with van der Waals surface area (Å²) >= 11 is 0. The summed E-state index contributed by atoms with van der Waals surface area (Å²) in [5, 5.41) is 20.3. The molecule has 1 aliphatic rings. The SMILES string of the molecule is O=C(Oc1ccc([N+](=O)[O-])cc1)N1CCN(Cc2ccc(-c3ccc(C(O)(C(F)(F)F)C(F)(F)F)cc3)cc2)CC1. The average molecular weight is 583 g/mol. The Kier molecular flexibility index (Phi) is 8.27. The van der Waals surface area contributed by atoms with E-state index in [1.54, 1.807) is 24.3 Å². The highest BCUT2D eigenvalue weighted by Gasteiger charge is 2.71. The van der Waals surface area contributed by atoms with Gasteiger partial charge in [-0.1, -0.05) is 48.5 Å². The molecule has 3 aromatic carbocycles. The molecule has 0 aromatic heterocycles. The third kappa shape index (κ3) is 6.43.